The molecule has 0 fully saturated rings. The first-order valence-corrected chi connectivity index (χ1v) is 5.84. The van der Waals surface area contributed by atoms with Crippen molar-refractivity contribution in [2.75, 3.05) is 7.11 Å². The van der Waals surface area contributed by atoms with Crippen LogP contribution in [0.5, 0.6) is 5.88 Å². The van der Waals surface area contributed by atoms with E-state index in [-0.39, 0.29) is 0 Å². The minimum atomic E-state index is -0.749. The summed E-state index contributed by atoms with van der Waals surface area (Å²) in [5.74, 6) is 0.430. The first kappa shape index (κ1) is 11.4. The molecule has 1 unspecified atom stereocenters. The summed E-state index contributed by atoms with van der Waals surface area (Å²) in [6, 6.07) is 7.10. The second kappa shape index (κ2) is 4.82. The van der Waals surface area contributed by atoms with Crippen LogP contribution in [0.1, 0.15) is 16.5 Å². The van der Waals surface area contributed by atoms with Gasteiger partial charge in [0.2, 0.25) is 5.88 Å². The Morgan fingerprint density at radius 3 is 2.88 bits per heavy atom. The maximum Gasteiger partial charge on any atom is 0.219 e. The zero-order valence-electron chi connectivity index (χ0n) is 8.55. The maximum absolute atomic E-state index is 10.1. The van der Waals surface area contributed by atoms with Crippen LogP contribution >= 0.6 is 22.9 Å². The van der Waals surface area contributed by atoms with E-state index in [0.717, 1.165) is 4.88 Å². The Labute approximate surface area is 102 Å². The highest BCUT2D eigenvalue weighted by atomic mass is 35.5. The van der Waals surface area contributed by atoms with Crippen LogP contribution in [0.3, 0.4) is 0 Å². The molecule has 5 heteroatoms. The third-order valence-corrected chi connectivity index (χ3v) is 3.44. The van der Waals surface area contributed by atoms with E-state index in [1.165, 1.54) is 18.4 Å². The fourth-order valence-corrected chi connectivity index (χ4v) is 2.48. The van der Waals surface area contributed by atoms with E-state index in [1.807, 2.05) is 0 Å². The molecule has 0 bridgehead atoms. The normalized spacial score (nSPS) is 12.4. The van der Waals surface area contributed by atoms with E-state index in [0.29, 0.717) is 15.8 Å². The van der Waals surface area contributed by atoms with Crippen molar-refractivity contribution in [2.24, 2.45) is 0 Å². The molecular formula is C11H10ClNO2S. The molecule has 0 aliphatic carbocycles. The summed E-state index contributed by atoms with van der Waals surface area (Å²) in [7, 11) is 1.53. The molecular weight excluding hydrogens is 246 g/mol. The Hall–Kier alpha value is -1.10. The van der Waals surface area contributed by atoms with E-state index in [9.17, 15) is 5.11 Å². The molecule has 3 nitrogen and oxygen atoms in total. The van der Waals surface area contributed by atoms with Crippen molar-refractivity contribution in [3.63, 3.8) is 0 Å². The minimum Gasteiger partial charge on any atom is -0.481 e. The molecule has 0 amide bonds. The largest absolute Gasteiger partial charge is 0.481 e. The highest BCUT2D eigenvalue weighted by Crippen LogP contribution is 2.33. The topological polar surface area (TPSA) is 42.4 Å². The van der Waals surface area contributed by atoms with Crippen molar-refractivity contribution in [3.05, 3.63) is 45.2 Å². The van der Waals surface area contributed by atoms with E-state index >= 15 is 0 Å². The highest BCUT2D eigenvalue weighted by Gasteiger charge is 2.17. The predicted molar refractivity (Wildman–Crippen MR) is 64.2 cm³/mol. The number of aliphatic hydroxyl groups excluding tert-OH is 1. The summed E-state index contributed by atoms with van der Waals surface area (Å²) in [5.41, 5.74) is 0.642. The molecule has 0 saturated heterocycles. The van der Waals surface area contributed by atoms with Crippen LogP contribution in [0.25, 0.3) is 0 Å². The van der Waals surface area contributed by atoms with Gasteiger partial charge < -0.3 is 9.84 Å². The Balaban J connectivity index is 2.36. The lowest BCUT2D eigenvalue weighted by atomic mass is 10.1. The molecule has 0 aliphatic rings. The van der Waals surface area contributed by atoms with Crippen molar-refractivity contribution >= 4 is 22.9 Å². The molecule has 2 rings (SSSR count). The Bertz CT molecular complexity index is 486. The highest BCUT2D eigenvalue weighted by molar-refractivity contribution is 7.16. The van der Waals surface area contributed by atoms with E-state index in [2.05, 4.69) is 4.98 Å². The molecule has 84 valence electrons. The lowest BCUT2D eigenvalue weighted by molar-refractivity contribution is 0.217. The SMILES string of the molecule is COc1ncccc1C(O)c1ccc(Cl)s1. The molecule has 2 heterocycles. The van der Waals surface area contributed by atoms with Gasteiger partial charge in [-0.25, -0.2) is 4.98 Å². The average Bonchev–Trinajstić information content (AvgIpc) is 2.75. The number of methoxy groups -OCH3 is 1. The molecule has 0 aliphatic heterocycles. The summed E-state index contributed by atoms with van der Waals surface area (Å²) in [5, 5.41) is 10.1. The van der Waals surface area contributed by atoms with Gasteiger partial charge in [-0.1, -0.05) is 11.6 Å². The molecule has 2 aromatic rings. The number of hydrogen-bond acceptors (Lipinski definition) is 4. The van der Waals surface area contributed by atoms with Crippen molar-refractivity contribution in [1.29, 1.82) is 0 Å². The first-order valence-electron chi connectivity index (χ1n) is 4.64. The fraction of sp³-hybridized carbons (Fsp3) is 0.182. The number of thiophene rings is 1. The number of rotatable bonds is 3. The molecule has 0 spiro atoms. The van der Waals surface area contributed by atoms with E-state index in [1.54, 1.807) is 30.5 Å². The van der Waals surface area contributed by atoms with E-state index in [4.69, 9.17) is 16.3 Å². The van der Waals surface area contributed by atoms with Crippen LogP contribution in [-0.4, -0.2) is 17.2 Å². The van der Waals surface area contributed by atoms with Gasteiger partial charge in [0.15, 0.2) is 0 Å². The number of ether oxygens (including phenoxy) is 1. The average molecular weight is 256 g/mol. The zero-order chi connectivity index (χ0) is 11.5. The van der Waals surface area contributed by atoms with Crippen LogP contribution in [-0.2, 0) is 0 Å². The van der Waals surface area contributed by atoms with Gasteiger partial charge in [0, 0.05) is 16.6 Å². The smallest absolute Gasteiger partial charge is 0.219 e. The summed E-state index contributed by atoms with van der Waals surface area (Å²) in [4.78, 5) is 4.81. The number of pyridine rings is 1. The van der Waals surface area contributed by atoms with Crippen molar-refractivity contribution < 1.29 is 9.84 Å². The van der Waals surface area contributed by atoms with Gasteiger partial charge in [0.05, 0.1) is 11.4 Å². The molecule has 1 N–H and O–H groups in total. The first-order chi connectivity index (χ1) is 7.72. The van der Waals surface area contributed by atoms with Gasteiger partial charge in [-0.15, -0.1) is 11.3 Å². The van der Waals surface area contributed by atoms with Crippen LogP contribution < -0.4 is 4.74 Å². The second-order valence-electron chi connectivity index (χ2n) is 3.15. The van der Waals surface area contributed by atoms with Gasteiger partial charge in [-0.2, -0.15) is 0 Å². The van der Waals surface area contributed by atoms with Crippen LogP contribution in [0.2, 0.25) is 4.34 Å². The lowest BCUT2D eigenvalue weighted by Gasteiger charge is -2.11. The number of halogens is 1. The molecule has 0 saturated carbocycles. The van der Waals surface area contributed by atoms with Crippen LogP contribution in [0, 0.1) is 0 Å². The quantitative estimate of drug-likeness (QED) is 0.917. The number of nitrogens with zero attached hydrogens (tertiary/aromatic N) is 1. The number of aliphatic hydroxyl groups is 1. The standard InChI is InChI=1S/C11H10ClNO2S/c1-15-11-7(3-2-6-13-11)10(14)8-4-5-9(12)16-8/h2-6,10,14H,1H3. The maximum atomic E-state index is 10.1. The van der Waals surface area contributed by atoms with Crippen molar-refractivity contribution in [2.45, 2.75) is 6.10 Å². The van der Waals surface area contributed by atoms with Gasteiger partial charge in [-0.3, -0.25) is 0 Å². The van der Waals surface area contributed by atoms with Gasteiger partial charge in [0.1, 0.15) is 6.10 Å². The molecule has 16 heavy (non-hydrogen) atoms. The third kappa shape index (κ3) is 2.19. The molecule has 2 aromatic heterocycles. The third-order valence-electron chi connectivity index (χ3n) is 2.15. The Kier molecular flexibility index (Phi) is 3.43. The molecule has 0 radical (unpaired) electrons. The van der Waals surface area contributed by atoms with Crippen LogP contribution in [0.4, 0.5) is 0 Å². The Morgan fingerprint density at radius 2 is 2.25 bits per heavy atom. The second-order valence-corrected chi connectivity index (χ2v) is 4.89. The van der Waals surface area contributed by atoms with Crippen molar-refractivity contribution in [3.8, 4) is 5.88 Å². The fourth-order valence-electron chi connectivity index (χ4n) is 1.41. The molecule has 1 atom stereocenters. The number of aromatic nitrogens is 1. The van der Waals surface area contributed by atoms with Gasteiger partial charge in [0.25, 0.3) is 0 Å². The summed E-state index contributed by atoms with van der Waals surface area (Å²) >= 11 is 7.17. The van der Waals surface area contributed by atoms with Crippen molar-refractivity contribution in [1.82, 2.24) is 4.98 Å². The molecule has 0 aromatic carbocycles. The van der Waals surface area contributed by atoms with Gasteiger partial charge in [-0.05, 0) is 24.3 Å². The summed E-state index contributed by atoms with van der Waals surface area (Å²) in [6.45, 7) is 0. The van der Waals surface area contributed by atoms with Gasteiger partial charge >= 0.3 is 0 Å². The summed E-state index contributed by atoms with van der Waals surface area (Å²) < 4.78 is 5.75. The predicted octanol–water partition coefficient (Wildman–Crippen LogP) is 2.89. The van der Waals surface area contributed by atoms with Crippen LogP contribution in [0.15, 0.2) is 30.5 Å². The summed E-state index contributed by atoms with van der Waals surface area (Å²) in [6.07, 6.45) is 0.873. The van der Waals surface area contributed by atoms with E-state index < -0.39 is 6.10 Å². The Morgan fingerprint density at radius 1 is 1.44 bits per heavy atom. The monoisotopic (exact) mass is 255 g/mol. The minimum absolute atomic E-state index is 0.430. The lowest BCUT2D eigenvalue weighted by Crippen LogP contribution is -2.01. The zero-order valence-corrected chi connectivity index (χ0v) is 10.1. The number of hydrogen-bond donors (Lipinski definition) is 1.